The Morgan fingerprint density at radius 3 is 2.30 bits per heavy atom. The van der Waals surface area contributed by atoms with Gasteiger partial charge in [-0.2, -0.15) is 0 Å². The highest BCUT2D eigenvalue weighted by molar-refractivity contribution is 6.15. The highest BCUT2D eigenvalue weighted by atomic mass is 19.1. The molecule has 5 aromatic rings. The molecule has 8 heteroatoms. The molecular weight excluding hydrogens is 431 g/mol. The Morgan fingerprint density at radius 1 is 0.818 bits per heavy atom. The smallest absolute Gasteiger partial charge is 0.260 e. The molecule has 2 heterocycles. The second-order valence-corrected chi connectivity index (χ2v) is 7.38. The molecule has 0 aliphatic carbocycles. The highest BCUT2D eigenvalue weighted by Gasteiger charge is 2.20. The predicted molar refractivity (Wildman–Crippen MR) is 119 cm³/mol. The predicted octanol–water partition coefficient (Wildman–Crippen LogP) is 5.38. The van der Waals surface area contributed by atoms with Crippen LogP contribution < -0.4 is 5.56 Å². The number of imidazole rings is 1. The first-order valence-electron chi connectivity index (χ1n) is 9.88. The first kappa shape index (κ1) is 20.4. The fourth-order valence-electron chi connectivity index (χ4n) is 3.74. The maximum absolute atomic E-state index is 14.0. The Bertz CT molecular complexity index is 1630. The van der Waals surface area contributed by atoms with Crippen LogP contribution in [0.3, 0.4) is 0 Å². The first-order valence-corrected chi connectivity index (χ1v) is 9.88. The molecule has 0 aliphatic heterocycles. The quantitative estimate of drug-likeness (QED) is 0.288. The van der Waals surface area contributed by atoms with Gasteiger partial charge in [0.2, 0.25) is 0 Å². The molecule has 0 unspecified atom stereocenters. The second kappa shape index (κ2) is 7.90. The molecular formula is C25H14F3N3O2. The van der Waals surface area contributed by atoms with Crippen molar-refractivity contribution in [1.82, 2.24) is 15.0 Å². The molecule has 0 saturated heterocycles. The van der Waals surface area contributed by atoms with E-state index in [4.69, 9.17) is 0 Å². The van der Waals surface area contributed by atoms with Gasteiger partial charge in [-0.25, -0.2) is 18.2 Å². The average Bonchev–Trinajstić information content (AvgIpc) is 3.19. The van der Waals surface area contributed by atoms with Crippen molar-refractivity contribution in [3.63, 3.8) is 0 Å². The van der Waals surface area contributed by atoms with E-state index in [2.05, 4.69) is 15.0 Å². The van der Waals surface area contributed by atoms with E-state index in [0.717, 1.165) is 6.08 Å². The van der Waals surface area contributed by atoms with Gasteiger partial charge in [0.15, 0.2) is 5.78 Å². The molecule has 2 N–H and O–H groups in total. The Kier molecular flexibility index (Phi) is 4.90. The number of hydrogen-bond donors (Lipinski definition) is 2. The number of halogens is 3. The van der Waals surface area contributed by atoms with Crippen LogP contribution in [0.25, 0.3) is 39.1 Å². The molecule has 162 valence electrons. The zero-order chi connectivity index (χ0) is 23.1. The van der Waals surface area contributed by atoms with Crippen LogP contribution in [0.1, 0.15) is 16.2 Å². The lowest BCUT2D eigenvalue weighted by Crippen LogP contribution is -2.18. The van der Waals surface area contributed by atoms with Crippen LogP contribution in [0.5, 0.6) is 0 Å². The number of H-pyrrole nitrogens is 2. The molecule has 5 nitrogen and oxygen atoms in total. The van der Waals surface area contributed by atoms with Gasteiger partial charge >= 0.3 is 0 Å². The first-order chi connectivity index (χ1) is 15.9. The maximum Gasteiger partial charge on any atom is 0.260 e. The van der Waals surface area contributed by atoms with E-state index < -0.39 is 28.8 Å². The van der Waals surface area contributed by atoms with E-state index in [9.17, 15) is 22.8 Å². The summed E-state index contributed by atoms with van der Waals surface area (Å²) < 4.78 is 40.9. The normalized spacial score (nSPS) is 11.6. The third kappa shape index (κ3) is 3.82. The van der Waals surface area contributed by atoms with E-state index in [0.29, 0.717) is 27.5 Å². The molecule has 2 aromatic heterocycles. The van der Waals surface area contributed by atoms with Crippen molar-refractivity contribution < 1.29 is 18.0 Å². The number of carbonyl (C=O) groups excluding carboxylic acids is 1. The standard InChI is InChI=1S/C25H14F3N3O2/c26-14-3-1-13(2-4-14)23-17-11-15(27)5-7-18(17)31-25(33)24(23)21(32)9-10-22-29-19-8-6-16(28)12-20(19)30-22/h1-12H,(H,29,30)(H,31,33)/b10-9+. The fourth-order valence-corrected chi connectivity index (χ4v) is 3.74. The summed E-state index contributed by atoms with van der Waals surface area (Å²) in [6, 6.07) is 13.1. The summed E-state index contributed by atoms with van der Waals surface area (Å²) in [6.07, 6.45) is 2.51. The molecule has 3 aromatic carbocycles. The molecule has 5 rings (SSSR count). The minimum absolute atomic E-state index is 0.189. The molecule has 0 spiro atoms. The van der Waals surface area contributed by atoms with Crippen molar-refractivity contribution >= 4 is 33.8 Å². The third-order valence-electron chi connectivity index (χ3n) is 5.21. The van der Waals surface area contributed by atoms with Gasteiger partial charge in [-0.3, -0.25) is 9.59 Å². The summed E-state index contributed by atoms with van der Waals surface area (Å²) in [6.45, 7) is 0. The highest BCUT2D eigenvalue weighted by Crippen LogP contribution is 2.31. The van der Waals surface area contributed by atoms with Crippen molar-refractivity contribution in [2.75, 3.05) is 0 Å². The van der Waals surface area contributed by atoms with Crippen LogP contribution in [0.2, 0.25) is 0 Å². The zero-order valence-corrected chi connectivity index (χ0v) is 16.8. The number of carbonyl (C=O) groups is 1. The Morgan fingerprint density at radius 2 is 1.52 bits per heavy atom. The Labute approximate surface area is 184 Å². The number of nitrogens with zero attached hydrogens (tertiary/aromatic N) is 1. The van der Waals surface area contributed by atoms with Gasteiger partial charge in [-0.05, 0) is 66.2 Å². The zero-order valence-electron chi connectivity index (χ0n) is 16.8. The van der Waals surface area contributed by atoms with Crippen molar-refractivity contribution in [3.8, 4) is 11.1 Å². The maximum atomic E-state index is 14.0. The molecule has 0 saturated carbocycles. The van der Waals surface area contributed by atoms with Crippen LogP contribution in [0, 0.1) is 17.5 Å². The van der Waals surface area contributed by atoms with Gasteiger partial charge in [0.05, 0.1) is 16.6 Å². The Hall–Kier alpha value is -4.46. The molecule has 33 heavy (non-hydrogen) atoms. The molecule has 0 aliphatic rings. The number of aromatic amines is 2. The lowest BCUT2D eigenvalue weighted by atomic mass is 9.94. The van der Waals surface area contributed by atoms with Crippen LogP contribution in [0.15, 0.2) is 71.5 Å². The number of hydrogen-bond acceptors (Lipinski definition) is 3. The van der Waals surface area contributed by atoms with E-state index >= 15 is 0 Å². The minimum Gasteiger partial charge on any atom is -0.338 e. The van der Waals surface area contributed by atoms with Crippen LogP contribution >= 0.6 is 0 Å². The van der Waals surface area contributed by atoms with Gasteiger partial charge in [-0.1, -0.05) is 12.1 Å². The van der Waals surface area contributed by atoms with Crippen LogP contribution in [-0.2, 0) is 0 Å². The number of rotatable bonds is 4. The third-order valence-corrected chi connectivity index (χ3v) is 5.21. The number of ketones is 1. The number of benzene rings is 3. The average molecular weight is 445 g/mol. The monoisotopic (exact) mass is 445 g/mol. The number of aromatic nitrogens is 3. The number of fused-ring (bicyclic) bond motifs is 2. The Balaban J connectivity index is 1.65. The second-order valence-electron chi connectivity index (χ2n) is 7.38. The van der Waals surface area contributed by atoms with Crippen molar-refractivity contribution in [1.29, 1.82) is 0 Å². The number of nitrogens with one attached hydrogen (secondary N) is 2. The minimum atomic E-state index is -0.672. The lowest BCUT2D eigenvalue weighted by molar-refractivity contribution is 0.104. The van der Waals surface area contributed by atoms with Crippen molar-refractivity contribution in [3.05, 3.63) is 106 Å². The summed E-state index contributed by atoms with van der Waals surface area (Å²) in [7, 11) is 0. The summed E-state index contributed by atoms with van der Waals surface area (Å²) in [5.41, 5.74) is 0.972. The summed E-state index contributed by atoms with van der Waals surface area (Å²) in [5, 5.41) is 0.303. The van der Waals surface area contributed by atoms with Gasteiger partial charge < -0.3 is 9.97 Å². The van der Waals surface area contributed by atoms with Gasteiger partial charge in [0, 0.05) is 16.5 Å². The molecule has 0 fully saturated rings. The summed E-state index contributed by atoms with van der Waals surface area (Å²) in [5.74, 6) is -1.85. The SMILES string of the molecule is O=C(/C=C/c1nc2ccc(F)cc2[nH]1)c1c(-c2ccc(F)cc2)c2cc(F)ccc2[nH]c1=O. The molecule has 0 bridgehead atoms. The largest absolute Gasteiger partial charge is 0.338 e. The van der Waals surface area contributed by atoms with E-state index in [1.165, 1.54) is 66.7 Å². The van der Waals surface area contributed by atoms with Gasteiger partial charge in [0.25, 0.3) is 5.56 Å². The summed E-state index contributed by atoms with van der Waals surface area (Å²) >= 11 is 0. The summed E-state index contributed by atoms with van der Waals surface area (Å²) in [4.78, 5) is 35.7. The lowest BCUT2D eigenvalue weighted by Gasteiger charge is -2.11. The molecule has 0 atom stereocenters. The van der Waals surface area contributed by atoms with E-state index in [1.54, 1.807) is 0 Å². The number of pyridine rings is 1. The molecule has 0 radical (unpaired) electrons. The van der Waals surface area contributed by atoms with Crippen LogP contribution in [-0.4, -0.2) is 20.7 Å². The van der Waals surface area contributed by atoms with Gasteiger partial charge in [0.1, 0.15) is 23.3 Å². The van der Waals surface area contributed by atoms with Gasteiger partial charge in [-0.15, -0.1) is 0 Å². The number of allylic oxidation sites excluding steroid dienone is 1. The van der Waals surface area contributed by atoms with Crippen molar-refractivity contribution in [2.45, 2.75) is 0 Å². The molecule has 0 amide bonds. The fraction of sp³-hybridized carbons (Fsp3) is 0. The van der Waals surface area contributed by atoms with Crippen LogP contribution in [0.4, 0.5) is 13.2 Å². The van der Waals surface area contributed by atoms with E-state index in [1.807, 2.05) is 0 Å². The van der Waals surface area contributed by atoms with E-state index in [-0.39, 0.29) is 17.0 Å². The van der Waals surface area contributed by atoms with Crippen molar-refractivity contribution in [2.24, 2.45) is 0 Å². The topological polar surface area (TPSA) is 78.6 Å².